The Hall–Kier alpha value is -2.81. The number of carbonyl (C=O) groups is 1. The molecule has 0 spiro atoms. The predicted octanol–water partition coefficient (Wildman–Crippen LogP) is 3.67. The topological polar surface area (TPSA) is 50.8 Å². The normalized spacial score (nSPS) is 11.3. The molecule has 0 aliphatic carbocycles. The maximum Gasteiger partial charge on any atom is 0.573 e. The van der Waals surface area contributed by atoms with Crippen LogP contribution in [-0.2, 0) is 4.79 Å². The lowest BCUT2D eigenvalue weighted by Crippen LogP contribution is -2.33. The van der Waals surface area contributed by atoms with E-state index in [9.17, 15) is 22.4 Å². The van der Waals surface area contributed by atoms with Gasteiger partial charge in [-0.2, -0.15) is 0 Å². The Labute approximate surface area is 153 Å². The van der Waals surface area contributed by atoms with Gasteiger partial charge < -0.3 is 14.8 Å². The minimum absolute atomic E-state index is 0.0631. The van der Waals surface area contributed by atoms with E-state index in [-0.39, 0.29) is 24.0 Å². The van der Waals surface area contributed by atoms with Crippen molar-refractivity contribution in [2.45, 2.75) is 6.36 Å². The molecule has 2 aromatic carbocycles. The molecule has 0 atom stereocenters. The average Bonchev–Trinajstić information content (AvgIpc) is 2.57. The summed E-state index contributed by atoms with van der Waals surface area (Å²) in [5.41, 5.74) is 0.352. The van der Waals surface area contributed by atoms with Crippen molar-refractivity contribution in [1.82, 2.24) is 4.90 Å². The highest BCUT2D eigenvalue weighted by Crippen LogP contribution is 2.23. The lowest BCUT2D eigenvalue weighted by atomic mass is 10.3. The van der Waals surface area contributed by atoms with E-state index in [0.29, 0.717) is 24.6 Å². The van der Waals surface area contributed by atoms with E-state index in [1.54, 1.807) is 11.9 Å². The van der Waals surface area contributed by atoms with Gasteiger partial charge in [0.1, 0.15) is 23.9 Å². The maximum atomic E-state index is 12.8. The molecule has 1 N–H and O–H groups in total. The number of anilines is 1. The zero-order valence-electron chi connectivity index (χ0n) is 14.4. The monoisotopic (exact) mass is 386 g/mol. The van der Waals surface area contributed by atoms with E-state index in [1.807, 2.05) is 0 Å². The molecule has 2 rings (SSSR count). The van der Waals surface area contributed by atoms with E-state index in [2.05, 4.69) is 10.1 Å². The van der Waals surface area contributed by atoms with Crippen molar-refractivity contribution in [3.05, 3.63) is 54.3 Å². The second kappa shape index (κ2) is 9.22. The quantitative estimate of drug-likeness (QED) is 0.704. The second-order valence-corrected chi connectivity index (χ2v) is 5.66. The van der Waals surface area contributed by atoms with Crippen molar-refractivity contribution < 1.29 is 31.8 Å². The van der Waals surface area contributed by atoms with Crippen LogP contribution in [0.15, 0.2) is 48.5 Å². The molecule has 0 unspecified atom stereocenters. The number of nitrogens with one attached hydrogen (secondary N) is 1. The first-order valence-electron chi connectivity index (χ1n) is 7.94. The van der Waals surface area contributed by atoms with Crippen molar-refractivity contribution in [2.24, 2.45) is 0 Å². The number of alkyl halides is 3. The second-order valence-electron chi connectivity index (χ2n) is 5.66. The predicted molar refractivity (Wildman–Crippen MR) is 91.1 cm³/mol. The summed E-state index contributed by atoms with van der Waals surface area (Å²) in [7, 11) is 1.72. The number of hydrogen-bond acceptors (Lipinski definition) is 4. The van der Waals surface area contributed by atoms with Crippen LogP contribution in [0.1, 0.15) is 0 Å². The van der Waals surface area contributed by atoms with E-state index < -0.39 is 6.36 Å². The largest absolute Gasteiger partial charge is 0.573 e. The van der Waals surface area contributed by atoms with E-state index in [0.717, 1.165) is 12.1 Å². The zero-order chi connectivity index (χ0) is 19.9. The number of benzene rings is 2. The van der Waals surface area contributed by atoms with Gasteiger partial charge in [-0.05, 0) is 55.6 Å². The van der Waals surface area contributed by atoms with Crippen molar-refractivity contribution >= 4 is 11.6 Å². The van der Waals surface area contributed by atoms with Gasteiger partial charge >= 0.3 is 6.36 Å². The molecule has 0 heterocycles. The fourth-order valence-electron chi connectivity index (χ4n) is 2.11. The summed E-state index contributed by atoms with van der Waals surface area (Å²) in [4.78, 5) is 13.7. The summed E-state index contributed by atoms with van der Waals surface area (Å²) in [6, 6.07) is 10.5. The zero-order valence-corrected chi connectivity index (χ0v) is 14.4. The molecule has 0 saturated heterocycles. The maximum absolute atomic E-state index is 12.8. The Morgan fingerprint density at radius 3 is 2.22 bits per heavy atom. The first-order valence-corrected chi connectivity index (χ1v) is 7.94. The SMILES string of the molecule is CN(CCOc1ccc(F)cc1)CC(=O)Nc1ccc(OC(F)(F)F)cc1. The van der Waals surface area contributed by atoms with Gasteiger partial charge in [0.15, 0.2) is 0 Å². The highest BCUT2D eigenvalue weighted by molar-refractivity contribution is 5.92. The van der Waals surface area contributed by atoms with E-state index >= 15 is 0 Å². The lowest BCUT2D eigenvalue weighted by molar-refractivity contribution is -0.274. The van der Waals surface area contributed by atoms with E-state index in [4.69, 9.17) is 4.74 Å². The third kappa shape index (κ3) is 7.95. The highest BCUT2D eigenvalue weighted by Gasteiger charge is 2.30. The van der Waals surface area contributed by atoms with Crippen LogP contribution in [-0.4, -0.2) is 43.9 Å². The Morgan fingerprint density at radius 1 is 1.04 bits per heavy atom. The Kier molecular flexibility index (Phi) is 7.00. The van der Waals surface area contributed by atoms with Crippen LogP contribution in [0.5, 0.6) is 11.5 Å². The fraction of sp³-hybridized carbons (Fsp3) is 0.278. The number of likely N-dealkylation sites (N-methyl/N-ethyl adjacent to an activating group) is 1. The smallest absolute Gasteiger partial charge is 0.492 e. The van der Waals surface area contributed by atoms with Gasteiger partial charge in [0.25, 0.3) is 0 Å². The number of halogens is 4. The van der Waals surface area contributed by atoms with Crippen molar-refractivity contribution in [3.8, 4) is 11.5 Å². The van der Waals surface area contributed by atoms with Gasteiger partial charge in [0.2, 0.25) is 5.91 Å². The number of carbonyl (C=O) groups excluding carboxylic acids is 1. The number of ether oxygens (including phenoxy) is 2. The van der Waals surface area contributed by atoms with Crippen LogP contribution >= 0.6 is 0 Å². The van der Waals surface area contributed by atoms with Gasteiger partial charge in [0, 0.05) is 12.2 Å². The van der Waals surface area contributed by atoms with Gasteiger partial charge in [-0.3, -0.25) is 9.69 Å². The van der Waals surface area contributed by atoms with Crippen LogP contribution in [0.2, 0.25) is 0 Å². The summed E-state index contributed by atoms with van der Waals surface area (Å²) in [6.07, 6.45) is -4.76. The van der Waals surface area contributed by atoms with Crippen LogP contribution < -0.4 is 14.8 Å². The molecule has 0 aliphatic rings. The Balaban J connectivity index is 1.72. The molecule has 27 heavy (non-hydrogen) atoms. The standard InChI is InChI=1S/C18H18F4N2O3/c1-24(10-11-26-15-6-2-13(19)3-7-15)12-17(25)23-14-4-8-16(9-5-14)27-18(20,21)22/h2-9H,10-12H2,1H3,(H,23,25). The van der Waals surface area contributed by atoms with Crippen molar-refractivity contribution in [2.75, 3.05) is 32.1 Å². The summed E-state index contributed by atoms with van der Waals surface area (Å²) >= 11 is 0. The molecule has 0 saturated carbocycles. The number of nitrogens with zero attached hydrogens (tertiary/aromatic N) is 1. The summed E-state index contributed by atoms with van der Waals surface area (Å²) in [6.45, 7) is 0.815. The molecule has 0 aromatic heterocycles. The van der Waals surface area contributed by atoms with Crippen LogP contribution in [0, 0.1) is 5.82 Å². The third-order valence-electron chi connectivity index (χ3n) is 3.34. The summed E-state index contributed by atoms with van der Waals surface area (Å²) in [5, 5.41) is 2.58. The molecule has 0 bridgehead atoms. The van der Waals surface area contributed by atoms with Crippen LogP contribution in [0.25, 0.3) is 0 Å². The Bertz CT molecular complexity index is 734. The molecule has 2 aromatic rings. The van der Waals surface area contributed by atoms with Crippen LogP contribution in [0.3, 0.4) is 0 Å². The fourth-order valence-corrected chi connectivity index (χ4v) is 2.11. The minimum Gasteiger partial charge on any atom is -0.492 e. The number of amides is 1. The van der Waals surface area contributed by atoms with Gasteiger partial charge in [-0.15, -0.1) is 13.2 Å². The third-order valence-corrected chi connectivity index (χ3v) is 3.34. The molecule has 9 heteroatoms. The molecule has 5 nitrogen and oxygen atoms in total. The number of hydrogen-bond donors (Lipinski definition) is 1. The van der Waals surface area contributed by atoms with Gasteiger partial charge in [-0.1, -0.05) is 0 Å². The number of rotatable bonds is 8. The molecule has 0 fully saturated rings. The summed E-state index contributed by atoms with van der Waals surface area (Å²) in [5.74, 6) is -0.524. The Morgan fingerprint density at radius 2 is 1.63 bits per heavy atom. The summed E-state index contributed by atoms with van der Waals surface area (Å²) < 4.78 is 58.3. The van der Waals surface area contributed by atoms with Crippen LogP contribution in [0.4, 0.5) is 23.2 Å². The molecule has 146 valence electrons. The van der Waals surface area contributed by atoms with Gasteiger partial charge in [0.05, 0.1) is 6.54 Å². The molecular weight excluding hydrogens is 368 g/mol. The highest BCUT2D eigenvalue weighted by atomic mass is 19.4. The first kappa shape index (κ1) is 20.5. The van der Waals surface area contributed by atoms with Crippen molar-refractivity contribution in [3.63, 3.8) is 0 Å². The molecule has 0 aliphatic heterocycles. The molecule has 0 radical (unpaired) electrons. The minimum atomic E-state index is -4.76. The van der Waals surface area contributed by atoms with Crippen molar-refractivity contribution in [1.29, 1.82) is 0 Å². The van der Waals surface area contributed by atoms with E-state index in [1.165, 1.54) is 36.4 Å². The molecule has 1 amide bonds. The average molecular weight is 386 g/mol. The lowest BCUT2D eigenvalue weighted by Gasteiger charge is -2.17. The first-order chi connectivity index (χ1) is 12.7. The molecular formula is C18H18F4N2O3. The van der Waals surface area contributed by atoms with Gasteiger partial charge in [-0.25, -0.2) is 4.39 Å².